The summed E-state index contributed by atoms with van der Waals surface area (Å²) in [4.78, 5) is 13.8. The van der Waals surface area contributed by atoms with Crippen LogP contribution in [0.15, 0.2) is 40.6 Å². The number of nitro groups is 1. The van der Waals surface area contributed by atoms with Crippen LogP contribution in [0.1, 0.15) is 17.7 Å². The standard InChI is InChI=1S/C16H19N3O4S2/c1-17(12-13-5-4-10-24-13)15-7-6-14(11-16(15)19(20)21)25(22,23)18-8-2-3-9-18/h4-7,10-11H,2-3,8-9,12H2,1H3. The van der Waals surface area contributed by atoms with Gasteiger partial charge in [-0.25, -0.2) is 8.42 Å². The van der Waals surface area contributed by atoms with Crippen LogP contribution in [0.4, 0.5) is 11.4 Å². The van der Waals surface area contributed by atoms with Gasteiger partial charge in [0, 0.05) is 31.1 Å². The predicted molar refractivity (Wildman–Crippen MR) is 97.5 cm³/mol. The normalized spacial score (nSPS) is 15.4. The Morgan fingerprint density at radius 1 is 1.28 bits per heavy atom. The highest BCUT2D eigenvalue weighted by atomic mass is 32.2. The summed E-state index contributed by atoms with van der Waals surface area (Å²) in [6.07, 6.45) is 1.64. The molecule has 9 heteroatoms. The van der Waals surface area contributed by atoms with Crippen molar-refractivity contribution in [2.45, 2.75) is 24.3 Å². The van der Waals surface area contributed by atoms with Crippen LogP contribution < -0.4 is 4.90 Å². The number of nitrogens with zero attached hydrogens (tertiary/aromatic N) is 3. The fraction of sp³-hybridized carbons (Fsp3) is 0.375. The molecule has 0 N–H and O–H groups in total. The molecule has 3 rings (SSSR count). The Bertz CT molecular complexity index is 860. The molecule has 1 aromatic heterocycles. The molecule has 0 saturated carbocycles. The van der Waals surface area contributed by atoms with Crippen LogP contribution in [-0.2, 0) is 16.6 Å². The molecule has 0 bridgehead atoms. The Balaban J connectivity index is 1.94. The Labute approximate surface area is 150 Å². The molecular weight excluding hydrogens is 362 g/mol. The van der Waals surface area contributed by atoms with E-state index in [0.29, 0.717) is 25.3 Å². The number of rotatable bonds is 6. The molecule has 134 valence electrons. The van der Waals surface area contributed by atoms with Gasteiger partial charge in [0.05, 0.1) is 16.4 Å². The summed E-state index contributed by atoms with van der Waals surface area (Å²) < 4.78 is 26.7. The maximum atomic E-state index is 12.6. The summed E-state index contributed by atoms with van der Waals surface area (Å²) in [6, 6.07) is 8.04. The average Bonchev–Trinajstić information content (AvgIpc) is 3.28. The zero-order chi connectivity index (χ0) is 18.0. The molecule has 1 saturated heterocycles. The van der Waals surface area contributed by atoms with Crippen molar-refractivity contribution in [1.29, 1.82) is 0 Å². The van der Waals surface area contributed by atoms with E-state index in [1.165, 1.54) is 22.5 Å². The molecule has 0 aliphatic carbocycles. The lowest BCUT2D eigenvalue weighted by molar-refractivity contribution is -0.384. The van der Waals surface area contributed by atoms with E-state index >= 15 is 0 Å². The molecular formula is C16H19N3O4S2. The molecule has 1 aliphatic heterocycles. The molecule has 2 heterocycles. The third-order valence-electron chi connectivity index (χ3n) is 4.23. The highest BCUT2D eigenvalue weighted by molar-refractivity contribution is 7.89. The van der Waals surface area contributed by atoms with Gasteiger partial charge in [0.25, 0.3) is 5.69 Å². The topological polar surface area (TPSA) is 83.8 Å². The molecule has 1 aromatic carbocycles. The van der Waals surface area contributed by atoms with Crippen LogP contribution in [0, 0.1) is 10.1 Å². The summed E-state index contributed by atoms with van der Waals surface area (Å²) in [6.45, 7) is 1.46. The smallest absolute Gasteiger partial charge is 0.293 e. The van der Waals surface area contributed by atoms with Crippen LogP contribution in [-0.4, -0.2) is 37.8 Å². The molecule has 0 radical (unpaired) electrons. The molecule has 0 atom stereocenters. The average molecular weight is 381 g/mol. The van der Waals surface area contributed by atoms with E-state index < -0.39 is 14.9 Å². The minimum absolute atomic E-state index is 0.0191. The zero-order valence-electron chi connectivity index (χ0n) is 13.8. The van der Waals surface area contributed by atoms with Crippen molar-refractivity contribution < 1.29 is 13.3 Å². The van der Waals surface area contributed by atoms with Crippen molar-refractivity contribution in [3.05, 3.63) is 50.7 Å². The second kappa shape index (κ2) is 7.11. The fourth-order valence-corrected chi connectivity index (χ4v) is 5.23. The first-order valence-corrected chi connectivity index (χ1v) is 10.2. The fourth-order valence-electron chi connectivity index (χ4n) is 2.93. The van der Waals surface area contributed by atoms with Gasteiger partial charge in [0.2, 0.25) is 10.0 Å². The summed E-state index contributed by atoms with van der Waals surface area (Å²) in [5.74, 6) is 0. The quantitative estimate of drug-likeness (QED) is 0.567. The summed E-state index contributed by atoms with van der Waals surface area (Å²) >= 11 is 1.57. The molecule has 7 nitrogen and oxygen atoms in total. The first-order valence-electron chi connectivity index (χ1n) is 7.92. The van der Waals surface area contributed by atoms with Gasteiger partial charge in [0.15, 0.2) is 0 Å². The number of thiophene rings is 1. The van der Waals surface area contributed by atoms with Crippen molar-refractivity contribution in [2.75, 3.05) is 25.0 Å². The Kier molecular flexibility index (Phi) is 5.07. The molecule has 1 fully saturated rings. The molecule has 0 unspecified atom stereocenters. The maximum absolute atomic E-state index is 12.6. The van der Waals surface area contributed by atoms with Crippen molar-refractivity contribution in [2.24, 2.45) is 0 Å². The monoisotopic (exact) mass is 381 g/mol. The minimum atomic E-state index is -3.67. The number of anilines is 1. The Morgan fingerprint density at radius 3 is 2.60 bits per heavy atom. The highest BCUT2D eigenvalue weighted by Gasteiger charge is 2.30. The summed E-state index contributed by atoms with van der Waals surface area (Å²) in [5.41, 5.74) is 0.207. The first-order chi connectivity index (χ1) is 11.9. The highest BCUT2D eigenvalue weighted by Crippen LogP contribution is 2.33. The molecule has 1 aliphatic rings. The number of benzene rings is 1. The van der Waals surface area contributed by atoms with Crippen LogP contribution in [0.5, 0.6) is 0 Å². The van der Waals surface area contributed by atoms with Crippen molar-refractivity contribution >= 4 is 32.7 Å². The summed E-state index contributed by atoms with van der Waals surface area (Å²) in [7, 11) is -1.91. The van der Waals surface area contributed by atoms with Crippen LogP contribution >= 0.6 is 11.3 Å². The van der Waals surface area contributed by atoms with Crippen LogP contribution in [0.2, 0.25) is 0 Å². The lowest BCUT2D eigenvalue weighted by atomic mass is 10.2. The Hall–Kier alpha value is -1.97. The van der Waals surface area contributed by atoms with Gasteiger partial charge in [0.1, 0.15) is 5.69 Å². The van der Waals surface area contributed by atoms with Gasteiger partial charge in [-0.05, 0) is 36.4 Å². The lowest BCUT2D eigenvalue weighted by Crippen LogP contribution is -2.28. The van der Waals surface area contributed by atoms with E-state index in [0.717, 1.165) is 17.7 Å². The van der Waals surface area contributed by atoms with E-state index in [9.17, 15) is 18.5 Å². The molecule has 25 heavy (non-hydrogen) atoms. The number of nitro benzene ring substituents is 1. The van der Waals surface area contributed by atoms with Gasteiger partial charge in [-0.3, -0.25) is 10.1 Å². The lowest BCUT2D eigenvalue weighted by Gasteiger charge is -2.20. The second-order valence-corrected chi connectivity index (χ2v) is 8.92. The molecule has 2 aromatic rings. The zero-order valence-corrected chi connectivity index (χ0v) is 15.4. The minimum Gasteiger partial charge on any atom is -0.364 e. The van der Waals surface area contributed by atoms with Crippen molar-refractivity contribution in [3.63, 3.8) is 0 Å². The predicted octanol–water partition coefficient (Wildman–Crippen LogP) is 3.08. The summed E-state index contributed by atoms with van der Waals surface area (Å²) in [5, 5.41) is 13.4. The van der Waals surface area contributed by atoms with Crippen molar-refractivity contribution in [1.82, 2.24) is 4.31 Å². The van der Waals surface area contributed by atoms with E-state index in [2.05, 4.69) is 0 Å². The third kappa shape index (κ3) is 3.68. The van der Waals surface area contributed by atoms with E-state index in [4.69, 9.17) is 0 Å². The van der Waals surface area contributed by atoms with Gasteiger partial charge in [-0.1, -0.05) is 6.07 Å². The van der Waals surface area contributed by atoms with E-state index in [1.54, 1.807) is 23.3 Å². The van der Waals surface area contributed by atoms with Crippen molar-refractivity contribution in [3.8, 4) is 0 Å². The van der Waals surface area contributed by atoms with Gasteiger partial charge < -0.3 is 4.90 Å². The number of hydrogen-bond acceptors (Lipinski definition) is 6. The van der Waals surface area contributed by atoms with Gasteiger partial charge >= 0.3 is 0 Å². The van der Waals surface area contributed by atoms with Crippen LogP contribution in [0.3, 0.4) is 0 Å². The number of hydrogen-bond donors (Lipinski definition) is 0. The molecule has 0 amide bonds. The van der Waals surface area contributed by atoms with Gasteiger partial charge in [-0.15, -0.1) is 11.3 Å². The maximum Gasteiger partial charge on any atom is 0.293 e. The first kappa shape index (κ1) is 17.8. The van der Waals surface area contributed by atoms with Crippen LogP contribution in [0.25, 0.3) is 0 Å². The third-order valence-corrected chi connectivity index (χ3v) is 6.99. The molecule has 0 spiro atoms. The SMILES string of the molecule is CN(Cc1cccs1)c1ccc(S(=O)(=O)N2CCCC2)cc1[N+](=O)[O-]. The number of sulfonamides is 1. The second-order valence-electron chi connectivity index (χ2n) is 5.95. The van der Waals surface area contributed by atoms with E-state index in [-0.39, 0.29) is 10.6 Å². The Morgan fingerprint density at radius 2 is 2.00 bits per heavy atom. The largest absolute Gasteiger partial charge is 0.364 e. The van der Waals surface area contributed by atoms with Gasteiger partial charge in [-0.2, -0.15) is 4.31 Å². The van der Waals surface area contributed by atoms with E-state index in [1.807, 2.05) is 17.5 Å².